The molecular formula is C12H17FN2S. The number of aliphatic imine (C=N–C) groups is 1. The third kappa shape index (κ3) is 4.23. The Kier molecular flexibility index (Phi) is 5.93. The molecule has 0 fully saturated rings. The molecule has 0 atom stereocenters. The van der Waals surface area contributed by atoms with Gasteiger partial charge in [0.05, 0.1) is 6.34 Å². The molecule has 16 heavy (non-hydrogen) atoms. The van der Waals surface area contributed by atoms with Gasteiger partial charge in [0.25, 0.3) is 0 Å². The predicted molar refractivity (Wildman–Crippen MR) is 69.7 cm³/mol. The van der Waals surface area contributed by atoms with E-state index in [-0.39, 0.29) is 5.82 Å². The van der Waals surface area contributed by atoms with Gasteiger partial charge in [0, 0.05) is 30.7 Å². The fourth-order valence-electron chi connectivity index (χ4n) is 1.31. The van der Waals surface area contributed by atoms with Crippen molar-refractivity contribution in [2.75, 3.05) is 19.3 Å². The molecule has 0 aliphatic heterocycles. The lowest BCUT2D eigenvalue weighted by Gasteiger charge is -2.06. The van der Waals surface area contributed by atoms with Gasteiger partial charge in [0.1, 0.15) is 5.82 Å². The van der Waals surface area contributed by atoms with Gasteiger partial charge in [0.2, 0.25) is 0 Å². The summed E-state index contributed by atoms with van der Waals surface area (Å²) in [7, 11) is 1.73. The fraction of sp³-hybridized carbons (Fsp3) is 0.417. The van der Waals surface area contributed by atoms with Crippen LogP contribution in [0.2, 0.25) is 0 Å². The summed E-state index contributed by atoms with van der Waals surface area (Å²) >= 11 is 1.72. The summed E-state index contributed by atoms with van der Waals surface area (Å²) in [5.41, 5.74) is 1.84. The maximum atomic E-state index is 13.4. The third-order valence-corrected chi connectivity index (χ3v) is 3.20. The number of benzene rings is 1. The topological polar surface area (TPSA) is 24.4 Å². The molecule has 0 saturated heterocycles. The van der Waals surface area contributed by atoms with Crippen LogP contribution in [0.25, 0.3) is 0 Å². The molecule has 88 valence electrons. The van der Waals surface area contributed by atoms with E-state index in [0.29, 0.717) is 0 Å². The van der Waals surface area contributed by atoms with E-state index in [4.69, 9.17) is 0 Å². The summed E-state index contributed by atoms with van der Waals surface area (Å²) in [5, 5.41) is 3.04. The SMILES string of the molecule is CN=CNCCSCc1c(C)cccc1F. The zero-order valence-electron chi connectivity index (χ0n) is 9.66. The maximum Gasteiger partial charge on any atom is 0.127 e. The Labute approximate surface area is 100 Å². The van der Waals surface area contributed by atoms with Crippen LogP contribution in [0, 0.1) is 12.7 Å². The monoisotopic (exact) mass is 240 g/mol. The smallest absolute Gasteiger partial charge is 0.127 e. The second kappa shape index (κ2) is 7.28. The summed E-state index contributed by atoms with van der Waals surface area (Å²) in [5.74, 6) is 1.57. The molecule has 1 aromatic carbocycles. The van der Waals surface area contributed by atoms with Crippen LogP contribution in [0.1, 0.15) is 11.1 Å². The van der Waals surface area contributed by atoms with Crippen LogP contribution in [-0.2, 0) is 5.75 Å². The molecule has 0 aliphatic rings. The molecule has 0 amide bonds. The Morgan fingerprint density at radius 1 is 1.50 bits per heavy atom. The molecule has 2 nitrogen and oxygen atoms in total. The average Bonchev–Trinajstić information content (AvgIpc) is 2.26. The highest BCUT2D eigenvalue weighted by molar-refractivity contribution is 7.98. The molecular weight excluding hydrogens is 223 g/mol. The van der Waals surface area contributed by atoms with Gasteiger partial charge in [-0.05, 0) is 18.6 Å². The Hall–Kier alpha value is -1.03. The van der Waals surface area contributed by atoms with Gasteiger partial charge in [0.15, 0.2) is 0 Å². The summed E-state index contributed by atoms with van der Waals surface area (Å²) in [4.78, 5) is 3.81. The number of hydrogen-bond acceptors (Lipinski definition) is 2. The minimum atomic E-state index is -0.101. The first kappa shape index (κ1) is 13.0. The van der Waals surface area contributed by atoms with Crippen molar-refractivity contribution in [3.8, 4) is 0 Å². The van der Waals surface area contributed by atoms with E-state index in [9.17, 15) is 4.39 Å². The van der Waals surface area contributed by atoms with E-state index in [1.807, 2.05) is 13.0 Å². The van der Waals surface area contributed by atoms with Crippen LogP contribution in [0.3, 0.4) is 0 Å². The Morgan fingerprint density at radius 3 is 3.00 bits per heavy atom. The summed E-state index contributed by atoms with van der Waals surface area (Å²) in [6.45, 7) is 2.80. The third-order valence-electron chi connectivity index (χ3n) is 2.21. The second-order valence-corrected chi connectivity index (χ2v) is 4.53. The predicted octanol–water partition coefficient (Wildman–Crippen LogP) is 2.62. The van der Waals surface area contributed by atoms with E-state index in [1.165, 1.54) is 6.07 Å². The van der Waals surface area contributed by atoms with E-state index in [2.05, 4.69) is 10.3 Å². The van der Waals surface area contributed by atoms with Crippen LogP contribution in [0.5, 0.6) is 0 Å². The van der Waals surface area contributed by atoms with Crippen molar-refractivity contribution in [3.05, 3.63) is 35.1 Å². The number of thioether (sulfide) groups is 1. The first-order valence-corrected chi connectivity index (χ1v) is 6.37. The molecule has 1 rings (SSSR count). The highest BCUT2D eigenvalue weighted by atomic mass is 32.2. The Morgan fingerprint density at radius 2 is 2.31 bits per heavy atom. The number of nitrogens with one attached hydrogen (secondary N) is 1. The second-order valence-electron chi connectivity index (χ2n) is 3.43. The lowest BCUT2D eigenvalue weighted by atomic mass is 10.1. The van der Waals surface area contributed by atoms with Crippen molar-refractivity contribution >= 4 is 18.1 Å². The van der Waals surface area contributed by atoms with Gasteiger partial charge >= 0.3 is 0 Å². The average molecular weight is 240 g/mol. The van der Waals surface area contributed by atoms with Gasteiger partial charge in [-0.15, -0.1) is 0 Å². The van der Waals surface area contributed by atoms with Crippen LogP contribution < -0.4 is 5.32 Å². The first-order chi connectivity index (χ1) is 7.75. The van der Waals surface area contributed by atoms with Crippen LogP contribution in [0.4, 0.5) is 4.39 Å². The molecule has 0 radical (unpaired) electrons. The van der Waals surface area contributed by atoms with Crippen molar-refractivity contribution in [1.29, 1.82) is 0 Å². The highest BCUT2D eigenvalue weighted by Crippen LogP contribution is 2.18. The molecule has 0 aliphatic carbocycles. The molecule has 1 aromatic rings. The van der Waals surface area contributed by atoms with Gasteiger partial charge in [-0.25, -0.2) is 4.39 Å². The van der Waals surface area contributed by atoms with Crippen LogP contribution in [-0.4, -0.2) is 25.7 Å². The van der Waals surface area contributed by atoms with Crippen molar-refractivity contribution in [2.45, 2.75) is 12.7 Å². The lowest BCUT2D eigenvalue weighted by Crippen LogP contribution is -2.14. The number of hydrogen-bond donors (Lipinski definition) is 1. The van der Waals surface area contributed by atoms with Crippen LogP contribution >= 0.6 is 11.8 Å². The van der Waals surface area contributed by atoms with Crippen molar-refractivity contribution < 1.29 is 4.39 Å². The zero-order chi connectivity index (χ0) is 11.8. The Bertz CT molecular complexity index is 333. The summed E-state index contributed by atoms with van der Waals surface area (Å²) in [6, 6.07) is 5.21. The van der Waals surface area contributed by atoms with E-state index < -0.39 is 0 Å². The quantitative estimate of drug-likeness (QED) is 0.469. The van der Waals surface area contributed by atoms with Gasteiger partial charge in [-0.1, -0.05) is 12.1 Å². The first-order valence-electron chi connectivity index (χ1n) is 5.21. The van der Waals surface area contributed by atoms with Gasteiger partial charge < -0.3 is 5.32 Å². The number of rotatable bonds is 6. The van der Waals surface area contributed by atoms with Crippen molar-refractivity contribution in [1.82, 2.24) is 5.32 Å². The summed E-state index contributed by atoms with van der Waals surface area (Å²) in [6.07, 6.45) is 1.68. The number of aryl methyl sites for hydroxylation is 1. The molecule has 0 bridgehead atoms. The van der Waals surface area contributed by atoms with Gasteiger partial charge in [-0.2, -0.15) is 11.8 Å². The maximum absolute atomic E-state index is 13.4. The fourth-order valence-corrected chi connectivity index (χ4v) is 2.29. The Balaban J connectivity index is 2.32. The molecule has 0 saturated carbocycles. The van der Waals surface area contributed by atoms with E-state index in [1.54, 1.807) is 31.2 Å². The van der Waals surface area contributed by atoms with E-state index >= 15 is 0 Å². The molecule has 0 aromatic heterocycles. The molecule has 0 spiro atoms. The molecule has 0 unspecified atom stereocenters. The van der Waals surface area contributed by atoms with E-state index in [0.717, 1.165) is 29.2 Å². The largest absolute Gasteiger partial charge is 0.376 e. The minimum absolute atomic E-state index is 0.101. The van der Waals surface area contributed by atoms with Crippen molar-refractivity contribution in [2.24, 2.45) is 4.99 Å². The highest BCUT2D eigenvalue weighted by Gasteiger charge is 2.04. The van der Waals surface area contributed by atoms with Gasteiger partial charge in [-0.3, -0.25) is 4.99 Å². The number of nitrogens with zero attached hydrogens (tertiary/aromatic N) is 1. The normalized spacial score (nSPS) is 10.9. The number of halogens is 1. The summed E-state index contributed by atoms with van der Waals surface area (Å²) < 4.78 is 13.4. The standard InChI is InChI=1S/C12H17FN2S/c1-10-4-3-5-12(13)11(10)8-16-7-6-15-9-14-2/h3-5,9H,6-8H2,1-2H3,(H,14,15). The molecule has 4 heteroatoms. The molecule has 1 N–H and O–H groups in total. The minimum Gasteiger partial charge on any atom is -0.376 e. The molecule has 0 heterocycles. The van der Waals surface area contributed by atoms with Crippen LogP contribution in [0.15, 0.2) is 23.2 Å². The lowest BCUT2D eigenvalue weighted by molar-refractivity contribution is 0.615. The zero-order valence-corrected chi connectivity index (χ0v) is 10.5. The van der Waals surface area contributed by atoms with Crippen molar-refractivity contribution in [3.63, 3.8) is 0 Å².